The molecule has 1 unspecified atom stereocenters. The van der Waals surface area contributed by atoms with Crippen molar-refractivity contribution in [1.29, 1.82) is 0 Å². The molecule has 1 aliphatic heterocycles. The van der Waals surface area contributed by atoms with Gasteiger partial charge in [-0.05, 0) is 24.6 Å². The lowest BCUT2D eigenvalue weighted by Crippen LogP contribution is -2.38. The predicted octanol–water partition coefficient (Wildman–Crippen LogP) is 0.919. The maximum absolute atomic E-state index is 12.3. The van der Waals surface area contributed by atoms with E-state index in [1.165, 1.54) is 32.4 Å². The van der Waals surface area contributed by atoms with Crippen LogP contribution in [0.1, 0.15) is 40.5 Å². The molecule has 1 atom stereocenters. The number of rotatable bonds is 7. The molecule has 1 aromatic carbocycles. The molecule has 1 heterocycles. The first-order valence-corrected chi connectivity index (χ1v) is 8.54. The summed E-state index contributed by atoms with van der Waals surface area (Å²) >= 11 is 0. The van der Waals surface area contributed by atoms with Gasteiger partial charge in [-0.25, -0.2) is 14.4 Å². The van der Waals surface area contributed by atoms with E-state index in [1.54, 1.807) is 0 Å². The number of imide groups is 1. The van der Waals surface area contributed by atoms with Crippen LogP contribution in [0.2, 0.25) is 0 Å². The van der Waals surface area contributed by atoms with Crippen molar-refractivity contribution in [1.82, 2.24) is 10.2 Å². The summed E-state index contributed by atoms with van der Waals surface area (Å²) in [5.41, 5.74) is 0.169. The number of hydrogen-bond donors (Lipinski definition) is 2. The molecule has 1 aliphatic rings. The van der Waals surface area contributed by atoms with Gasteiger partial charge in [0.15, 0.2) is 0 Å². The van der Waals surface area contributed by atoms with E-state index in [1.807, 2.05) is 6.92 Å². The average Bonchev–Trinajstić information content (AvgIpc) is 2.94. The van der Waals surface area contributed by atoms with Crippen LogP contribution in [0.15, 0.2) is 18.2 Å². The number of esters is 2. The number of carbonyl (C=O) groups excluding carboxylic acids is 5. The summed E-state index contributed by atoms with van der Waals surface area (Å²) < 4.78 is 9.25. The van der Waals surface area contributed by atoms with Crippen LogP contribution in [-0.4, -0.2) is 61.5 Å². The largest absolute Gasteiger partial charge is 0.465 e. The predicted molar refractivity (Wildman–Crippen MR) is 96.7 cm³/mol. The zero-order valence-corrected chi connectivity index (χ0v) is 15.7. The number of ether oxygens (including phenoxy) is 2. The fourth-order valence-corrected chi connectivity index (χ4v) is 2.73. The van der Waals surface area contributed by atoms with Crippen LogP contribution in [0.4, 0.5) is 10.5 Å². The molecule has 10 heteroatoms. The Labute approximate surface area is 161 Å². The topological polar surface area (TPSA) is 131 Å². The van der Waals surface area contributed by atoms with E-state index < -0.39 is 42.4 Å². The van der Waals surface area contributed by atoms with Gasteiger partial charge in [0.05, 0.1) is 25.3 Å². The second-order valence-electron chi connectivity index (χ2n) is 6.05. The van der Waals surface area contributed by atoms with E-state index in [2.05, 4.69) is 20.1 Å². The lowest BCUT2D eigenvalue weighted by atomic mass is 10.1. The molecule has 2 rings (SSSR count). The molecule has 2 N–H and O–H groups in total. The third-order valence-electron chi connectivity index (χ3n) is 4.05. The zero-order valence-electron chi connectivity index (χ0n) is 15.7. The SMILES string of the molecule is CCCC1NC(=O)N(CC(=O)Nc2cc(C(=O)OC)cc(C(=O)OC)c2)C1=O. The van der Waals surface area contributed by atoms with Gasteiger partial charge in [0, 0.05) is 5.69 Å². The second-order valence-corrected chi connectivity index (χ2v) is 6.05. The number of methoxy groups -OCH3 is 2. The van der Waals surface area contributed by atoms with Gasteiger partial charge in [0.2, 0.25) is 5.91 Å². The zero-order chi connectivity index (χ0) is 20.8. The molecule has 1 saturated heterocycles. The highest BCUT2D eigenvalue weighted by Crippen LogP contribution is 2.18. The minimum absolute atomic E-state index is 0.0266. The molecule has 0 aliphatic carbocycles. The number of benzene rings is 1. The van der Waals surface area contributed by atoms with Crippen LogP contribution >= 0.6 is 0 Å². The van der Waals surface area contributed by atoms with Crippen LogP contribution in [0, 0.1) is 0 Å². The van der Waals surface area contributed by atoms with Crippen molar-refractivity contribution in [2.24, 2.45) is 0 Å². The molecule has 1 fully saturated rings. The molecule has 28 heavy (non-hydrogen) atoms. The lowest BCUT2D eigenvalue weighted by molar-refractivity contribution is -0.130. The minimum Gasteiger partial charge on any atom is -0.465 e. The summed E-state index contributed by atoms with van der Waals surface area (Å²) in [5.74, 6) is -2.56. The molecule has 1 aromatic rings. The van der Waals surface area contributed by atoms with E-state index in [9.17, 15) is 24.0 Å². The summed E-state index contributed by atoms with van der Waals surface area (Å²) in [4.78, 5) is 60.8. The normalized spacial score (nSPS) is 15.8. The number of anilines is 1. The highest BCUT2D eigenvalue weighted by Gasteiger charge is 2.38. The van der Waals surface area contributed by atoms with Gasteiger partial charge in [-0.1, -0.05) is 13.3 Å². The number of urea groups is 1. The van der Waals surface area contributed by atoms with Crippen molar-refractivity contribution in [3.05, 3.63) is 29.3 Å². The summed E-state index contributed by atoms with van der Waals surface area (Å²) in [6.45, 7) is 1.38. The third-order valence-corrected chi connectivity index (χ3v) is 4.05. The first kappa shape index (κ1) is 20.9. The quantitative estimate of drug-likeness (QED) is 0.522. The molecule has 0 bridgehead atoms. The Morgan fingerprint density at radius 1 is 1.07 bits per heavy atom. The summed E-state index contributed by atoms with van der Waals surface area (Å²) in [7, 11) is 2.35. The van der Waals surface area contributed by atoms with Gasteiger partial charge in [-0.3, -0.25) is 14.5 Å². The molecular formula is C18H21N3O7. The fraction of sp³-hybridized carbons (Fsp3) is 0.389. The molecule has 0 saturated carbocycles. The van der Waals surface area contributed by atoms with Crippen molar-refractivity contribution in [2.45, 2.75) is 25.8 Å². The monoisotopic (exact) mass is 391 g/mol. The third kappa shape index (κ3) is 4.64. The molecule has 0 aromatic heterocycles. The Morgan fingerprint density at radius 3 is 2.14 bits per heavy atom. The van der Waals surface area contributed by atoms with Crippen molar-refractivity contribution in [3.63, 3.8) is 0 Å². The highest BCUT2D eigenvalue weighted by atomic mass is 16.5. The van der Waals surface area contributed by atoms with E-state index in [-0.39, 0.29) is 16.8 Å². The Bertz CT molecular complexity index is 787. The Morgan fingerprint density at radius 2 is 1.64 bits per heavy atom. The smallest absolute Gasteiger partial charge is 0.337 e. The first-order valence-electron chi connectivity index (χ1n) is 8.54. The Hall–Kier alpha value is -3.43. The molecule has 0 radical (unpaired) electrons. The molecule has 0 spiro atoms. The number of nitrogens with zero attached hydrogens (tertiary/aromatic N) is 1. The van der Waals surface area contributed by atoms with E-state index in [4.69, 9.17) is 0 Å². The van der Waals surface area contributed by atoms with Crippen molar-refractivity contribution < 1.29 is 33.4 Å². The minimum atomic E-state index is -0.710. The van der Waals surface area contributed by atoms with Gasteiger partial charge in [-0.15, -0.1) is 0 Å². The average molecular weight is 391 g/mol. The van der Waals surface area contributed by atoms with Gasteiger partial charge in [0.25, 0.3) is 5.91 Å². The highest BCUT2D eigenvalue weighted by molar-refractivity contribution is 6.08. The van der Waals surface area contributed by atoms with Gasteiger partial charge < -0.3 is 20.1 Å². The first-order chi connectivity index (χ1) is 13.3. The second kappa shape index (κ2) is 8.98. The maximum atomic E-state index is 12.3. The van der Waals surface area contributed by atoms with Crippen LogP contribution in [0.5, 0.6) is 0 Å². The standard InChI is InChI=1S/C18H21N3O7/c1-4-5-13-15(23)21(18(26)20-13)9-14(22)19-12-7-10(16(24)27-2)6-11(8-12)17(25)28-3/h6-8,13H,4-5,9H2,1-3H3,(H,19,22)(H,20,26). The summed E-state index contributed by atoms with van der Waals surface area (Å²) in [5, 5.41) is 4.99. The van der Waals surface area contributed by atoms with Crippen LogP contribution < -0.4 is 10.6 Å². The van der Waals surface area contributed by atoms with Crippen molar-refractivity contribution in [3.8, 4) is 0 Å². The van der Waals surface area contributed by atoms with Gasteiger partial charge >= 0.3 is 18.0 Å². The van der Waals surface area contributed by atoms with Gasteiger partial charge in [-0.2, -0.15) is 0 Å². The summed E-state index contributed by atoms with van der Waals surface area (Å²) in [6, 6.07) is 2.60. The molecule has 4 amide bonds. The van der Waals surface area contributed by atoms with Crippen LogP contribution in [-0.2, 0) is 19.1 Å². The molecule has 150 valence electrons. The van der Waals surface area contributed by atoms with E-state index >= 15 is 0 Å². The van der Waals surface area contributed by atoms with Crippen LogP contribution in [0.3, 0.4) is 0 Å². The summed E-state index contributed by atoms with van der Waals surface area (Å²) in [6.07, 6.45) is 1.18. The fourth-order valence-electron chi connectivity index (χ4n) is 2.73. The lowest BCUT2D eigenvalue weighted by Gasteiger charge is -2.14. The van der Waals surface area contributed by atoms with Crippen molar-refractivity contribution >= 4 is 35.5 Å². The maximum Gasteiger partial charge on any atom is 0.337 e. The van der Waals surface area contributed by atoms with E-state index in [0.29, 0.717) is 12.8 Å². The number of hydrogen-bond acceptors (Lipinski definition) is 7. The Balaban J connectivity index is 2.17. The number of carbonyl (C=O) groups is 5. The van der Waals surface area contributed by atoms with Crippen LogP contribution in [0.25, 0.3) is 0 Å². The van der Waals surface area contributed by atoms with Gasteiger partial charge in [0.1, 0.15) is 12.6 Å². The van der Waals surface area contributed by atoms with E-state index in [0.717, 1.165) is 4.90 Å². The molecule has 10 nitrogen and oxygen atoms in total. The number of nitrogens with one attached hydrogen (secondary N) is 2. The molecular weight excluding hydrogens is 370 g/mol. The van der Waals surface area contributed by atoms with Crippen molar-refractivity contribution in [2.75, 3.05) is 26.1 Å². The number of amides is 4. The Kier molecular flexibility index (Phi) is 6.69.